The number of ether oxygens (including phenoxy) is 1. The molecule has 3 aromatic carbocycles. The monoisotopic (exact) mass is 428 g/mol. The van der Waals surface area contributed by atoms with E-state index in [1.165, 1.54) is 0 Å². The minimum Gasteiger partial charge on any atom is -0.489 e. The molecule has 0 amide bonds. The summed E-state index contributed by atoms with van der Waals surface area (Å²) in [5.41, 5.74) is 4.47. The van der Waals surface area contributed by atoms with Gasteiger partial charge in [-0.3, -0.25) is 0 Å². The van der Waals surface area contributed by atoms with Crippen LogP contribution in [0.15, 0.2) is 78.9 Å². The van der Waals surface area contributed by atoms with E-state index in [4.69, 9.17) is 21.3 Å². The zero-order valence-corrected chi connectivity index (χ0v) is 17.1. The van der Waals surface area contributed by atoms with E-state index >= 15 is 0 Å². The molecular weight excluding hydrogens is 412 g/mol. The number of hydrogen-bond donors (Lipinski definition) is 2. The summed E-state index contributed by atoms with van der Waals surface area (Å²) in [7, 11) is 0. The van der Waals surface area contributed by atoms with Crippen molar-refractivity contribution in [1.82, 2.24) is 9.97 Å². The highest BCUT2D eigenvalue weighted by Crippen LogP contribution is 2.32. The van der Waals surface area contributed by atoms with Crippen LogP contribution in [0.25, 0.3) is 33.2 Å². The summed E-state index contributed by atoms with van der Waals surface area (Å²) in [6.45, 7) is 0.450. The Bertz CT molecular complexity index is 1410. The van der Waals surface area contributed by atoms with Gasteiger partial charge in [0.2, 0.25) is 0 Å². The smallest absolute Gasteiger partial charge is 0.337 e. The Morgan fingerprint density at radius 3 is 2.52 bits per heavy atom. The largest absolute Gasteiger partial charge is 0.489 e. The number of fused-ring (bicyclic) bond motifs is 3. The van der Waals surface area contributed by atoms with E-state index in [-0.39, 0.29) is 5.56 Å². The lowest BCUT2D eigenvalue weighted by Crippen LogP contribution is -1.99. The molecule has 0 saturated carbocycles. The van der Waals surface area contributed by atoms with Crippen LogP contribution in [0.3, 0.4) is 0 Å². The Balaban J connectivity index is 1.59. The molecule has 0 aliphatic heterocycles. The van der Waals surface area contributed by atoms with Crippen molar-refractivity contribution in [3.63, 3.8) is 0 Å². The van der Waals surface area contributed by atoms with Crippen molar-refractivity contribution >= 4 is 39.5 Å². The van der Waals surface area contributed by atoms with Gasteiger partial charge in [-0.1, -0.05) is 54.1 Å². The number of aromatic amines is 1. The molecule has 2 N–H and O–H groups in total. The van der Waals surface area contributed by atoms with Crippen molar-refractivity contribution in [3.05, 3.63) is 95.0 Å². The predicted octanol–water partition coefficient (Wildman–Crippen LogP) is 6.31. The lowest BCUT2D eigenvalue weighted by Gasteiger charge is -2.06. The zero-order valence-electron chi connectivity index (χ0n) is 16.3. The highest BCUT2D eigenvalue weighted by Gasteiger charge is 2.17. The van der Waals surface area contributed by atoms with E-state index < -0.39 is 5.97 Å². The number of nitrogens with zero attached hydrogens (tertiary/aromatic N) is 1. The molecule has 0 aliphatic carbocycles. The van der Waals surface area contributed by atoms with E-state index in [2.05, 4.69) is 4.98 Å². The number of carboxylic acids is 1. The van der Waals surface area contributed by atoms with Crippen LogP contribution in [0, 0.1) is 0 Å². The van der Waals surface area contributed by atoms with Gasteiger partial charge in [-0.15, -0.1) is 0 Å². The van der Waals surface area contributed by atoms with Crippen molar-refractivity contribution < 1.29 is 14.6 Å². The maximum Gasteiger partial charge on any atom is 0.337 e. The second-order valence-electron chi connectivity index (χ2n) is 7.20. The normalized spacial score (nSPS) is 11.1. The first kappa shape index (κ1) is 19.2. The highest BCUT2D eigenvalue weighted by molar-refractivity contribution is 6.30. The Morgan fingerprint density at radius 1 is 1.00 bits per heavy atom. The fourth-order valence-electron chi connectivity index (χ4n) is 3.60. The molecule has 6 heteroatoms. The van der Waals surface area contributed by atoms with E-state index in [1.807, 2.05) is 60.7 Å². The van der Waals surface area contributed by atoms with Crippen molar-refractivity contribution in [2.24, 2.45) is 0 Å². The second kappa shape index (κ2) is 7.78. The minimum atomic E-state index is -1.02. The quantitative estimate of drug-likeness (QED) is 0.343. The molecule has 0 aliphatic rings. The van der Waals surface area contributed by atoms with Crippen LogP contribution in [-0.4, -0.2) is 21.0 Å². The van der Waals surface area contributed by atoms with Gasteiger partial charge in [0.15, 0.2) is 0 Å². The number of hydrogen-bond acceptors (Lipinski definition) is 3. The molecule has 2 heterocycles. The maximum atomic E-state index is 12.0. The number of nitrogens with one attached hydrogen (secondary N) is 1. The Kier molecular flexibility index (Phi) is 4.81. The minimum absolute atomic E-state index is 0.165. The van der Waals surface area contributed by atoms with Crippen LogP contribution in [0.5, 0.6) is 5.75 Å². The van der Waals surface area contributed by atoms with E-state index in [1.54, 1.807) is 18.2 Å². The molecule has 0 radical (unpaired) electrons. The number of rotatable bonds is 5. The number of aromatic nitrogens is 2. The molecule has 31 heavy (non-hydrogen) atoms. The van der Waals surface area contributed by atoms with Crippen molar-refractivity contribution in [3.8, 4) is 17.0 Å². The van der Waals surface area contributed by atoms with Crippen molar-refractivity contribution in [2.75, 3.05) is 0 Å². The van der Waals surface area contributed by atoms with Gasteiger partial charge in [0, 0.05) is 22.0 Å². The Labute approximate surface area is 182 Å². The maximum absolute atomic E-state index is 12.0. The van der Waals surface area contributed by atoms with Crippen LogP contribution in [0.4, 0.5) is 0 Å². The van der Waals surface area contributed by atoms with Crippen LogP contribution in [0.2, 0.25) is 5.02 Å². The van der Waals surface area contributed by atoms with Gasteiger partial charge in [0.25, 0.3) is 0 Å². The molecule has 0 atom stereocenters. The summed E-state index contributed by atoms with van der Waals surface area (Å²) < 4.78 is 5.91. The van der Waals surface area contributed by atoms with E-state index in [0.29, 0.717) is 34.1 Å². The fourth-order valence-corrected chi connectivity index (χ4v) is 3.73. The van der Waals surface area contributed by atoms with Crippen LogP contribution in [-0.2, 0) is 6.61 Å². The lowest BCUT2D eigenvalue weighted by atomic mass is 10.1. The van der Waals surface area contributed by atoms with E-state index in [0.717, 1.165) is 22.0 Å². The molecule has 0 unspecified atom stereocenters. The summed E-state index contributed by atoms with van der Waals surface area (Å²) in [4.78, 5) is 19.9. The zero-order chi connectivity index (χ0) is 21.4. The van der Waals surface area contributed by atoms with Crippen LogP contribution < -0.4 is 4.74 Å². The summed E-state index contributed by atoms with van der Waals surface area (Å²) >= 11 is 5.98. The van der Waals surface area contributed by atoms with Gasteiger partial charge in [0.1, 0.15) is 12.4 Å². The molecule has 0 bridgehead atoms. The number of aromatic carboxylic acids is 1. The summed E-state index contributed by atoms with van der Waals surface area (Å²) in [5.74, 6) is -0.326. The number of benzene rings is 3. The van der Waals surface area contributed by atoms with Crippen molar-refractivity contribution in [1.29, 1.82) is 0 Å². The molecule has 2 aromatic heterocycles. The number of halogens is 1. The predicted molar refractivity (Wildman–Crippen MR) is 122 cm³/mol. The Morgan fingerprint density at radius 2 is 1.77 bits per heavy atom. The average Bonchev–Trinajstić information content (AvgIpc) is 3.16. The molecule has 5 nitrogen and oxygen atoms in total. The molecular formula is C25H17ClN2O3. The van der Waals surface area contributed by atoms with Gasteiger partial charge < -0.3 is 14.8 Å². The van der Waals surface area contributed by atoms with Gasteiger partial charge in [-0.2, -0.15) is 0 Å². The number of H-pyrrole nitrogens is 1. The molecule has 0 fully saturated rings. The standard InChI is InChI=1S/C25H17ClN2O3/c26-17-8-6-16(7-9-17)21-13-20(25(29)30)24-23(27-21)19-11-10-18(12-22(19)28-24)31-14-15-4-2-1-3-5-15/h1-13,28H,14H2,(H,29,30). The number of pyridine rings is 1. The van der Waals surface area contributed by atoms with Gasteiger partial charge in [-0.25, -0.2) is 9.78 Å². The summed E-state index contributed by atoms with van der Waals surface area (Å²) in [6, 6.07) is 24.3. The first-order valence-corrected chi connectivity index (χ1v) is 10.1. The first-order chi connectivity index (χ1) is 15.1. The number of carboxylic acid groups (broad SMARTS) is 1. The molecule has 0 spiro atoms. The second-order valence-corrected chi connectivity index (χ2v) is 7.63. The molecule has 5 rings (SSSR count). The fraction of sp³-hybridized carbons (Fsp3) is 0.0400. The average molecular weight is 429 g/mol. The molecule has 5 aromatic rings. The topological polar surface area (TPSA) is 75.2 Å². The summed E-state index contributed by atoms with van der Waals surface area (Å²) in [5, 5.41) is 11.2. The lowest BCUT2D eigenvalue weighted by molar-refractivity contribution is 0.0699. The van der Waals surface area contributed by atoms with Gasteiger partial charge in [-0.05, 0) is 35.9 Å². The summed E-state index contributed by atoms with van der Waals surface area (Å²) in [6.07, 6.45) is 0. The third kappa shape index (κ3) is 3.71. The molecule has 0 saturated heterocycles. The van der Waals surface area contributed by atoms with Gasteiger partial charge >= 0.3 is 5.97 Å². The van der Waals surface area contributed by atoms with Crippen molar-refractivity contribution in [2.45, 2.75) is 6.61 Å². The Hall–Kier alpha value is -3.83. The molecule has 152 valence electrons. The first-order valence-electron chi connectivity index (χ1n) is 9.71. The number of carbonyl (C=O) groups is 1. The highest BCUT2D eigenvalue weighted by atomic mass is 35.5. The SMILES string of the molecule is O=C(O)c1cc(-c2ccc(Cl)cc2)nc2c1[nH]c1cc(OCc3ccccc3)ccc12. The van der Waals surface area contributed by atoms with E-state index in [9.17, 15) is 9.90 Å². The third-order valence-corrected chi connectivity index (χ3v) is 5.40. The van der Waals surface area contributed by atoms with Crippen LogP contribution in [0.1, 0.15) is 15.9 Å². The van der Waals surface area contributed by atoms with Gasteiger partial charge in [0.05, 0.1) is 27.8 Å². The van der Waals surface area contributed by atoms with Crippen LogP contribution >= 0.6 is 11.6 Å². The third-order valence-electron chi connectivity index (χ3n) is 5.14.